The first-order valence-electron chi connectivity index (χ1n) is 6.10. The van der Waals surface area contributed by atoms with E-state index in [1.165, 1.54) is 6.26 Å². The van der Waals surface area contributed by atoms with Gasteiger partial charge < -0.3 is 4.90 Å². The molecule has 0 unspecified atom stereocenters. The summed E-state index contributed by atoms with van der Waals surface area (Å²) in [5.41, 5.74) is 1.00. The maximum Gasteiger partial charge on any atom is 0.208 e. The van der Waals surface area contributed by atoms with E-state index in [-0.39, 0.29) is 6.04 Å². The van der Waals surface area contributed by atoms with Crippen LogP contribution >= 0.6 is 0 Å². The summed E-state index contributed by atoms with van der Waals surface area (Å²) >= 11 is 0. The minimum absolute atomic E-state index is 0.0565. The molecule has 0 amide bonds. The number of aryl methyl sites for hydroxylation is 1. The Kier molecular flexibility index (Phi) is 3.87. The van der Waals surface area contributed by atoms with E-state index in [9.17, 15) is 8.42 Å². The Morgan fingerprint density at radius 1 is 1.33 bits per heavy atom. The zero-order valence-electron chi connectivity index (χ0n) is 10.8. The number of nitrogens with zero attached hydrogens (tertiary/aromatic N) is 2. The van der Waals surface area contributed by atoms with E-state index >= 15 is 0 Å². The van der Waals surface area contributed by atoms with Crippen LogP contribution in [0.2, 0.25) is 0 Å². The molecule has 2 rings (SSSR count). The Morgan fingerprint density at radius 2 is 2.00 bits per heavy atom. The highest BCUT2D eigenvalue weighted by atomic mass is 32.2. The highest BCUT2D eigenvalue weighted by Gasteiger charge is 2.22. The minimum Gasteiger partial charge on any atom is -0.356 e. The first-order valence-corrected chi connectivity index (χ1v) is 7.99. The molecule has 1 N–H and O–H groups in total. The van der Waals surface area contributed by atoms with Crippen molar-refractivity contribution >= 4 is 15.8 Å². The Labute approximate surface area is 108 Å². The Balaban J connectivity index is 1.94. The van der Waals surface area contributed by atoms with Gasteiger partial charge in [-0.2, -0.15) is 0 Å². The van der Waals surface area contributed by atoms with Gasteiger partial charge in [-0.05, 0) is 31.9 Å². The molecular weight excluding hydrogens is 250 g/mol. The molecular formula is C12H19N3O2S. The van der Waals surface area contributed by atoms with E-state index < -0.39 is 10.0 Å². The van der Waals surface area contributed by atoms with Crippen LogP contribution in [0.3, 0.4) is 0 Å². The first kappa shape index (κ1) is 13.3. The molecule has 0 atom stereocenters. The normalized spacial score (nSPS) is 18.0. The van der Waals surface area contributed by atoms with Crippen molar-refractivity contribution in [2.24, 2.45) is 0 Å². The zero-order valence-corrected chi connectivity index (χ0v) is 11.6. The number of piperidine rings is 1. The molecule has 1 aromatic heterocycles. The van der Waals surface area contributed by atoms with Gasteiger partial charge in [0.15, 0.2) is 0 Å². The van der Waals surface area contributed by atoms with Gasteiger partial charge in [0.2, 0.25) is 10.0 Å². The molecule has 100 valence electrons. The van der Waals surface area contributed by atoms with Crippen molar-refractivity contribution in [3.8, 4) is 0 Å². The predicted molar refractivity (Wildman–Crippen MR) is 72.2 cm³/mol. The molecule has 1 aliphatic heterocycles. The topological polar surface area (TPSA) is 62.3 Å². The summed E-state index contributed by atoms with van der Waals surface area (Å²) in [5, 5.41) is 0. The van der Waals surface area contributed by atoms with Crippen LogP contribution < -0.4 is 9.62 Å². The fourth-order valence-corrected chi connectivity index (χ4v) is 3.08. The SMILES string of the molecule is Cc1cccc(N2CCC(NS(C)(=O)=O)CC2)n1. The van der Waals surface area contributed by atoms with Crippen molar-refractivity contribution in [1.82, 2.24) is 9.71 Å². The third-order valence-electron chi connectivity index (χ3n) is 3.07. The van der Waals surface area contributed by atoms with Crippen molar-refractivity contribution in [2.75, 3.05) is 24.2 Å². The highest BCUT2D eigenvalue weighted by Crippen LogP contribution is 2.18. The summed E-state index contributed by atoms with van der Waals surface area (Å²) in [6.07, 6.45) is 2.85. The van der Waals surface area contributed by atoms with E-state index in [1.807, 2.05) is 25.1 Å². The standard InChI is InChI=1S/C12H19N3O2S/c1-10-4-3-5-12(13-10)15-8-6-11(7-9-15)14-18(2,16)17/h3-5,11,14H,6-9H2,1-2H3. The molecule has 6 heteroatoms. The molecule has 0 radical (unpaired) electrons. The zero-order chi connectivity index (χ0) is 13.2. The van der Waals surface area contributed by atoms with Crippen molar-refractivity contribution in [1.29, 1.82) is 0 Å². The lowest BCUT2D eigenvalue weighted by molar-refractivity contribution is 0.460. The number of nitrogens with one attached hydrogen (secondary N) is 1. The summed E-state index contributed by atoms with van der Waals surface area (Å²) in [6.45, 7) is 3.65. The molecule has 0 bridgehead atoms. The molecule has 1 saturated heterocycles. The summed E-state index contributed by atoms with van der Waals surface area (Å²) in [7, 11) is -3.10. The van der Waals surface area contributed by atoms with Gasteiger partial charge in [-0.3, -0.25) is 0 Å². The van der Waals surface area contributed by atoms with Crippen LogP contribution in [0.1, 0.15) is 18.5 Å². The van der Waals surface area contributed by atoms with Gasteiger partial charge in [0.25, 0.3) is 0 Å². The Bertz CT molecular complexity index is 508. The van der Waals surface area contributed by atoms with E-state index in [1.54, 1.807) is 0 Å². The summed E-state index contributed by atoms with van der Waals surface area (Å²) in [6, 6.07) is 6.03. The average Bonchev–Trinajstić information content (AvgIpc) is 2.28. The van der Waals surface area contributed by atoms with Crippen molar-refractivity contribution in [2.45, 2.75) is 25.8 Å². The van der Waals surface area contributed by atoms with Gasteiger partial charge in [0.05, 0.1) is 6.26 Å². The third kappa shape index (κ3) is 3.68. The van der Waals surface area contributed by atoms with Crippen LogP contribution in [0, 0.1) is 6.92 Å². The summed E-state index contributed by atoms with van der Waals surface area (Å²) < 4.78 is 25.0. The maximum absolute atomic E-state index is 11.2. The molecule has 0 aliphatic carbocycles. The number of hydrogen-bond donors (Lipinski definition) is 1. The van der Waals surface area contributed by atoms with Crippen molar-refractivity contribution < 1.29 is 8.42 Å². The van der Waals surface area contributed by atoms with Crippen molar-refractivity contribution in [3.63, 3.8) is 0 Å². The number of hydrogen-bond acceptors (Lipinski definition) is 4. The lowest BCUT2D eigenvalue weighted by atomic mass is 10.1. The number of aromatic nitrogens is 1. The number of anilines is 1. The second-order valence-electron chi connectivity index (χ2n) is 4.79. The Morgan fingerprint density at radius 3 is 2.56 bits per heavy atom. The van der Waals surface area contributed by atoms with Gasteiger partial charge in [0, 0.05) is 24.8 Å². The second kappa shape index (κ2) is 5.24. The molecule has 2 heterocycles. The van der Waals surface area contributed by atoms with Crippen LogP contribution in [0.4, 0.5) is 5.82 Å². The highest BCUT2D eigenvalue weighted by molar-refractivity contribution is 7.88. The fourth-order valence-electron chi connectivity index (χ4n) is 2.23. The molecule has 5 nitrogen and oxygen atoms in total. The lowest BCUT2D eigenvalue weighted by Crippen LogP contribution is -2.44. The van der Waals surface area contributed by atoms with E-state index in [4.69, 9.17) is 0 Å². The van der Waals surface area contributed by atoms with Crippen LogP contribution in [-0.4, -0.2) is 38.8 Å². The van der Waals surface area contributed by atoms with Crippen molar-refractivity contribution in [3.05, 3.63) is 23.9 Å². The summed E-state index contributed by atoms with van der Waals surface area (Å²) in [5.74, 6) is 0.979. The minimum atomic E-state index is -3.10. The first-order chi connectivity index (χ1) is 8.44. The quantitative estimate of drug-likeness (QED) is 0.886. The molecule has 0 saturated carbocycles. The smallest absolute Gasteiger partial charge is 0.208 e. The summed E-state index contributed by atoms with van der Waals surface area (Å²) in [4.78, 5) is 6.69. The fraction of sp³-hybridized carbons (Fsp3) is 0.583. The van der Waals surface area contributed by atoms with Crippen LogP contribution in [0.25, 0.3) is 0 Å². The van der Waals surface area contributed by atoms with Gasteiger partial charge in [-0.1, -0.05) is 6.07 Å². The third-order valence-corrected chi connectivity index (χ3v) is 3.83. The van der Waals surface area contributed by atoms with Gasteiger partial charge in [0.1, 0.15) is 5.82 Å². The molecule has 1 aliphatic rings. The lowest BCUT2D eigenvalue weighted by Gasteiger charge is -2.32. The van der Waals surface area contributed by atoms with Crippen LogP contribution in [0.15, 0.2) is 18.2 Å². The number of sulfonamides is 1. The maximum atomic E-state index is 11.2. The average molecular weight is 269 g/mol. The monoisotopic (exact) mass is 269 g/mol. The van der Waals surface area contributed by atoms with Gasteiger partial charge in [-0.15, -0.1) is 0 Å². The Hall–Kier alpha value is -1.14. The molecule has 0 spiro atoms. The van der Waals surface area contributed by atoms with Gasteiger partial charge in [-0.25, -0.2) is 18.1 Å². The van der Waals surface area contributed by atoms with E-state index in [0.29, 0.717) is 0 Å². The molecule has 18 heavy (non-hydrogen) atoms. The van der Waals surface area contributed by atoms with E-state index in [2.05, 4.69) is 14.6 Å². The van der Waals surface area contributed by atoms with Crippen LogP contribution in [-0.2, 0) is 10.0 Å². The predicted octanol–water partition coefficient (Wildman–Crippen LogP) is 0.908. The number of rotatable bonds is 3. The largest absolute Gasteiger partial charge is 0.356 e. The van der Waals surface area contributed by atoms with Gasteiger partial charge >= 0.3 is 0 Å². The number of pyridine rings is 1. The van der Waals surface area contributed by atoms with Crippen LogP contribution in [0.5, 0.6) is 0 Å². The van der Waals surface area contributed by atoms with E-state index in [0.717, 1.165) is 37.4 Å². The molecule has 1 aromatic rings. The second-order valence-corrected chi connectivity index (χ2v) is 6.57. The molecule has 1 fully saturated rings. The molecule has 0 aromatic carbocycles.